The van der Waals surface area contributed by atoms with Crippen molar-refractivity contribution in [3.8, 4) is 5.75 Å². The van der Waals surface area contributed by atoms with Gasteiger partial charge >= 0.3 is 0 Å². The highest BCUT2D eigenvalue weighted by Crippen LogP contribution is 2.34. The van der Waals surface area contributed by atoms with Crippen molar-refractivity contribution < 1.29 is 9.53 Å². The summed E-state index contributed by atoms with van der Waals surface area (Å²) in [7, 11) is 1.64. The number of rotatable bonds is 8. The van der Waals surface area contributed by atoms with Gasteiger partial charge in [-0.3, -0.25) is 4.79 Å². The zero-order chi connectivity index (χ0) is 15.0. The van der Waals surface area contributed by atoms with Gasteiger partial charge in [0.15, 0.2) is 0 Å². The number of carbonyl (C=O) groups excluding carboxylic acids is 1. The van der Waals surface area contributed by atoms with Crippen LogP contribution in [0.1, 0.15) is 25.3 Å². The molecule has 1 amide bonds. The molecule has 0 fully saturated rings. The summed E-state index contributed by atoms with van der Waals surface area (Å²) in [5, 5.41) is 5.88. The van der Waals surface area contributed by atoms with Crippen molar-refractivity contribution >= 4 is 37.8 Å². The van der Waals surface area contributed by atoms with E-state index in [4.69, 9.17) is 4.74 Å². The first-order valence-electron chi connectivity index (χ1n) is 6.60. The molecule has 4 nitrogen and oxygen atoms in total. The van der Waals surface area contributed by atoms with Crippen LogP contribution in [0.4, 0.5) is 0 Å². The van der Waals surface area contributed by atoms with E-state index in [0.29, 0.717) is 19.4 Å². The second-order valence-corrected chi connectivity index (χ2v) is 6.00. The van der Waals surface area contributed by atoms with Gasteiger partial charge in [-0.15, -0.1) is 0 Å². The molecule has 0 aliphatic rings. The van der Waals surface area contributed by atoms with Crippen molar-refractivity contribution in [1.82, 2.24) is 10.6 Å². The van der Waals surface area contributed by atoms with Crippen molar-refractivity contribution in [3.63, 3.8) is 0 Å². The molecule has 1 aromatic rings. The van der Waals surface area contributed by atoms with E-state index < -0.39 is 0 Å². The Hall–Kier alpha value is -0.590. The van der Waals surface area contributed by atoms with E-state index in [0.717, 1.165) is 27.8 Å². The van der Waals surface area contributed by atoms with Gasteiger partial charge in [-0.2, -0.15) is 0 Å². The molecule has 1 rings (SSSR count). The Kier molecular flexibility index (Phi) is 8.18. The Labute approximate surface area is 136 Å². The Bertz CT molecular complexity index is 430. The normalized spacial score (nSPS) is 10.4. The fourth-order valence-corrected chi connectivity index (χ4v) is 3.16. The maximum Gasteiger partial charge on any atom is 0.219 e. The smallest absolute Gasteiger partial charge is 0.219 e. The van der Waals surface area contributed by atoms with Gasteiger partial charge in [-0.25, -0.2) is 0 Å². The molecule has 20 heavy (non-hydrogen) atoms. The van der Waals surface area contributed by atoms with Gasteiger partial charge in [-0.1, -0.05) is 6.92 Å². The van der Waals surface area contributed by atoms with Gasteiger partial charge in [0.25, 0.3) is 0 Å². The molecule has 0 heterocycles. The van der Waals surface area contributed by atoms with Crippen LogP contribution in [-0.4, -0.2) is 26.1 Å². The minimum Gasteiger partial charge on any atom is -0.491 e. The second kappa shape index (κ2) is 9.37. The molecule has 0 atom stereocenters. The summed E-state index contributed by atoms with van der Waals surface area (Å²) in [6.07, 6.45) is 1.17. The molecule has 0 aliphatic heterocycles. The first kappa shape index (κ1) is 17.5. The molecule has 0 spiro atoms. The van der Waals surface area contributed by atoms with Crippen LogP contribution >= 0.6 is 31.9 Å². The van der Waals surface area contributed by atoms with Crippen LogP contribution in [0.3, 0.4) is 0 Å². The number of hydrogen-bond donors (Lipinski definition) is 2. The third kappa shape index (κ3) is 5.81. The summed E-state index contributed by atoms with van der Waals surface area (Å²) in [5.41, 5.74) is 1.18. The fourth-order valence-electron chi connectivity index (χ4n) is 1.65. The van der Waals surface area contributed by atoms with Crippen molar-refractivity contribution in [3.05, 3.63) is 26.6 Å². The highest BCUT2D eigenvalue weighted by atomic mass is 79.9. The summed E-state index contributed by atoms with van der Waals surface area (Å²) < 4.78 is 7.56. The third-order valence-electron chi connectivity index (χ3n) is 2.71. The molecule has 0 saturated carbocycles. The minimum atomic E-state index is 0.0349. The SMILES string of the molecule is CCNCc1cc(Br)c(OCCCC(=O)NC)c(Br)c1. The standard InChI is InChI=1S/C14H20Br2N2O2/c1-3-18-9-10-7-11(15)14(12(16)8-10)20-6-4-5-13(19)17-2/h7-8,18H,3-6,9H2,1-2H3,(H,17,19). The Balaban J connectivity index is 2.55. The van der Waals surface area contributed by atoms with Gasteiger partial charge in [0, 0.05) is 20.0 Å². The third-order valence-corrected chi connectivity index (χ3v) is 3.89. The van der Waals surface area contributed by atoms with Crippen molar-refractivity contribution in [2.45, 2.75) is 26.3 Å². The zero-order valence-electron chi connectivity index (χ0n) is 11.8. The molecular weight excluding hydrogens is 388 g/mol. The average molecular weight is 408 g/mol. The molecule has 0 aliphatic carbocycles. The van der Waals surface area contributed by atoms with E-state index in [1.807, 2.05) is 12.1 Å². The van der Waals surface area contributed by atoms with E-state index in [-0.39, 0.29) is 5.91 Å². The molecule has 2 N–H and O–H groups in total. The molecule has 0 radical (unpaired) electrons. The zero-order valence-corrected chi connectivity index (χ0v) is 14.9. The van der Waals surface area contributed by atoms with E-state index in [1.165, 1.54) is 5.56 Å². The second-order valence-electron chi connectivity index (χ2n) is 4.29. The van der Waals surface area contributed by atoms with E-state index in [2.05, 4.69) is 49.4 Å². The quantitative estimate of drug-likeness (QED) is 0.650. The number of hydrogen-bond acceptors (Lipinski definition) is 3. The molecule has 0 unspecified atom stereocenters. The number of amides is 1. The largest absolute Gasteiger partial charge is 0.491 e. The van der Waals surface area contributed by atoms with E-state index in [9.17, 15) is 4.79 Å². The minimum absolute atomic E-state index is 0.0349. The lowest BCUT2D eigenvalue weighted by atomic mass is 10.2. The molecule has 112 valence electrons. The first-order chi connectivity index (χ1) is 9.58. The lowest BCUT2D eigenvalue weighted by Gasteiger charge is -2.12. The number of nitrogens with one attached hydrogen (secondary N) is 2. The maximum atomic E-state index is 11.1. The Morgan fingerprint density at radius 2 is 1.95 bits per heavy atom. The first-order valence-corrected chi connectivity index (χ1v) is 8.19. The lowest BCUT2D eigenvalue weighted by Crippen LogP contribution is -2.18. The Morgan fingerprint density at radius 1 is 1.30 bits per heavy atom. The molecule has 1 aromatic carbocycles. The predicted octanol–water partition coefficient (Wildman–Crippen LogP) is 3.23. The molecule has 0 aromatic heterocycles. The lowest BCUT2D eigenvalue weighted by molar-refractivity contribution is -0.120. The van der Waals surface area contributed by atoms with Crippen LogP contribution in [0.25, 0.3) is 0 Å². The van der Waals surface area contributed by atoms with Gasteiger partial charge in [0.1, 0.15) is 5.75 Å². The van der Waals surface area contributed by atoms with Crippen molar-refractivity contribution in [2.75, 3.05) is 20.2 Å². The summed E-state index contributed by atoms with van der Waals surface area (Å²) >= 11 is 7.05. The van der Waals surface area contributed by atoms with Crippen molar-refractivity contribution in [1.29, 1.82) is 0 Å². The molecule has 6 heteroatoms. The molecule has 0 saturated heterocycles. The predicted molar refractivity (Wildman–Crippen MR) is 88.0 cm³/mol. The van der Waals surface area contributed by atoms with Gasteiger partial charge in [-0.05, 0) is 62.5 Å². The number of ether oxygens (including phenoxy) is 1. The maximum absolute atomic E-state index is 11.1. The van der Waals surface area contributed by atoms with Crippen LogP contribution < -0.4 is 15.4 Å². The monoisotopic (exact) mass is 406 g/mol. The van der Waals surface area contributed by atoms with Gasteiger partial charge in [0.2, 0.25) is 5.91 Å². The molecular formula is C14H20Br2N2O2. The van der Waals surface area contributed by atoms with Crippen molar-refractivity contribution in [2.24, 2.45) is 0 Å². The van der Waals surface area contributed by atoms with Gasteiger partial charge < -0.3 is 15.4 Å². The number of carbonyl (C=O) groups is 1. The molecule has 0 bridgehead atoms. The van der Waals surface area contributed by atoms with E-state index in [1.54, 1.807) is 7.05 Å². The van der Waals surface area contributed by atoms with Gasteiger partial charge in [0.05, 0.1) is 15.6 Å². The van der Waals surface area contributed by atoms with Crippen LogP contribution in [-0.2, 0) is 11.3 Å². The summed E-state index contributed by atoms with van der Waals surface area (Å²) in [4.78, 5) is 11.1. The van der Waals surface area contributed by atoms with Crippen LogP contribution in [0, 0.1) is 0 Å². The summed E-state index contributed by atoms with van der Waals surface area (Å²) in [5.74, 6) is 0.815. The topological polar surface area (TPSA) is 50.4 Å². The van der Waals surface area contributed by atoms with Crippen LogP contribution in [0.15, 0.2) is 21.1 Å². The fraction of sp³-hybridized carbons (Fsp3) is 0.500. The number of halogens is 2. The van der Waals surface area contributed by atoms with E-state index >= 15 is 0 Å². The average Bonchev–Trinajstić information content (AvgIpc) is 2.43. The summed E-state index contributed by atoms with van der Waals surface area (Å²) in [6, 6.07) is 4.09. The number of benzene rings is 1. The van der Waals surface area contributed by atoms with Crippen LogP contribution in [0.5, 0.6) is 5.75 Å². The van der Waals surface area contributed by atoms with Crippen LogP contribution in [0.2, 0.25) is 0 Å². The summed E-state index contributed by atoms with van der Waals surface area (Å²) in [6.45, 7) is 4.35. The Morgan fingerprint density at radius 3 is 2.50 bits per heavy atom. The highest BCUT2D eigenvalue weighted by molar-refractivity contribution is 9.11. The highest BCUT2D eigenvalue weighted by Gasteiger charge is 2.09.